The van der Waals surface area contributed by atoms with Crippen LogP contribution in [0.25, 0.3) is 0 Å². The van der Waals surface area contributed by atoms with Crippen molar-refractivity contribution in [3.63, 3.8) is 0 Å². The summed E-state index contributed by atoms with van der Waals surface area (Å²) in [6, 6.07) is 17.2. The highest BCUT2D eigenvalue weighted by molar-refractivity contribution is 6.15. The van der Waals surface area contributed by atoms with Crippen LogP contribution in [0, 0.1) is 5.92 Å². The number of allylic oxidation sites excluding steroid dienone is 3. The number of unbranched alkanes of at least 4 members (excludes halogenated alkanes) is 1. The number of para-hydroxylation sites is 1. The van der Waals surface area contributed by atoms with Crippen LogP contribution < -0.4 is 39.8 Å². The highest BCUT2D eigenvalue weighted by atomic mass is 16.5. The quantitative estimate of drug-likeness (QED) is 0.0676. The van der Waals surface area contributed by atoms with E-state index in [2.05, 4.69) is 22.5 Å². The van der Waals surface area contributed by atoms with E-state index in [0.717, 1.165) is 22.5 Å². The van der Waals surface area contributed by atoms with Crippen LogP contribution in [0.4, 0.5) is 22.7 Å². The lowest BCUT2D eigenvalue weighted by Gasteiger charge is -2.23. The first-order chi connectivity index (χ1) is 36.1. The van der Waals surface area contributed by atoms with Crippen molar-refractivity contribution in [3.8, 4) is 23.0 Å². The zero-order chi connectivity index (χ0) is 53.5. The number of rotatable bonds is 21. The third-order valence-electron chi connectivity index (χ3n) is 13.5. The molecule has 4 aromatic rings. The highest BCUT2D eigenvalue weighted by Crippen LogP contribution is 2.43. The average Bonchev–Trinajstić information content (AvgIpc) is 3.88. The second-order valence-corrected chi connectivity index (χ2v) is 19.2. The molecule has 0 aromatic heterocycles. The fourth-order valence-electron chi connectivity index (χ4n) is 9.53. The minimum atomic E-state index is -1.02. The average molecular weight is 1020 g/mol. The Labute approximate surface area is 436 Å². The number of hydrogen-bond acceptors (Lipinski definition) is 12. The number of aliphatic imine (C=N–C) groups is 2. The summed E-state index contributed by atoms with van der Waals surface area (Å²) in [4.78, 5) is 92.7. The summed E-state index contributed by atoms with van der Waals surface area (Å²) >= 11 is 0. The zero-order valence-corrected chi connectivity index (χ0v) is 43.4. The number of methoxy groups -OCH3 is 2. The van der Waals surface area contributed by atoms with E-state index in [-0.39, 0.29) is 61.1 Å². The van der Waals surface area contributed by atoms with Gasteiger partial charge in [-0.2, -0.15) is 0 Å². The molecular formula is C58H63N7O10. The van der Waals surface area contributed by atoms with Gasteiger partial charge in [-0.15, -0.1) is 0 Å². The predicted molar refractivity (Wildman–Crippen MR) is 287 cm³/mol. The molecule has 0 bridgehead atoms. The first-order valence-corrected chi connectivity index (χ1v) is 25.2. The topological polar surface area (TPSA) is 207 Å². The van der Waals surface area contributed by atoms with Crippen LogP contribution in [0.5, 0.6) is 23.0 Å². The molecule has 4 aliphatic rings. The second kappa shape index (κ2) is 23.3. The number of anilines is 2. The molecule has 4 aliphatic heterocycles. The number of nitrogens with one attached hydrogen (secondary N) is 3. The number of Topliss-reactive ketones (excluding diaryl/α,β-unsaturated/α-hetero) is 1. The number of fused-ring (bicyclic) bond motifs is 6. The third-order valence-corrected chi connectivity index (χ3v) is 13.5. The lowest BCUT2D eigenvalue weighted by atomic mass is 10.0. The number of ketones is 1. The van der Waals surface area contributed by atoms with Crippen molar-refractivity contribution in [3.05, 3.63) is 131 Å². The van der Waals surface area contributed by atoms with Gasteiger partial charge >= 0.3 is 0 Å². The molecule has 17 heteroatoms. The van der Waals surface area contributed by atoms with E-state index < -0.39 is 23.9 Å². The Hall–Kier alpha value is -8.34. The smallest absolute Gasteiger partial charge is 0.261 e. The minimum Gasteiger partial charge on any atom is -0.493 e. The largest absolute Gasteiger partial charge is 0.493 e. The molecule has 0 saturated heterocycles. The van der Waals surface area contributed by atoms with E-state index in [0.29, 0.717) is 94.4 Å². The summed E-state index contributed by atoms with van der Waals surface area (Å²) in [5, 5.41) is 8.26. The van der Waals surface area contributed by atoms with Gasteiger partial charge in [0.25, 0.3) is 11.8 Å². The van der Waals surface area contributed by atoms with Crippen molar-refractivity contribution in [1.29, 1.82) is 0 Å². The maximum Gasteiger partial charge on any atom is 0.261 e. The van der Waals surface area contributed by atoms with Gasteiger partial charge in [0, 0.05) is 73.2 Å². The summed E-state index contributed by atoms with van der Waals surface area (Å²) in [5.41, 5.74) is 6.72. The van der Waals surface area contributed by atoms with Crippen molar-refractivity contribution in [2.45, 2.75) is 111 Å². The van der Waals surface area contributed by atoms with E-state index in [1.165, 1.54) is 28.1 Å². The molecule has 0 aliphatic carbocycles. The molecule has 0 spiro atoms. The van der Waals surface area contributed by atoms with Gasteiger partial charge in [0.1, 0.15) is 31.1 Å². The van der Waals surface area contributed by atoms with Gasteiger partial charge in [-0.1, -0.05) is 50.8 Å². The fourth-order valence-corrected chi connectivity index (χ4v) is 9.53. The molecule has 17 nitrogen and oxygen atoms in total. The first-order valence-electron chi connectivity index (χ1n) is 25.2. The van der Waals surface area contributed by atoms with Crippen LogP contribution >= 0.6 is 0 Å². The molecule has 4 atom stereocenters. The van der Waals surface area contributed by atoms with Gasteiger partial charge in [-0.3, -0.25) is 48.6 Å². The Morgan fingerprint density at radius 2 is 1.29 bits per heavy atom. The first kappa shape index (κ1) is 53.0. The van der Waals surface area contributed by atoms with Gasteiger partial charge in [-0.05, 0) is 98.4 Å². The van der Waals surface area contributed by atoms with Crippen LogP contribution in [-0.2, 0) is 38.8 Å². The van der Waals surface area contributed by atoms with Crippen molar-refractivity contribution in [1.82, 2.24) is 15.5 Å². The number of benzene rings is 4. The predicted octanol–water partition coefficient (Wildman–Crippen LogP) is 8.83. The standard InChI is InChI=1S/C58H63N7O10/c1-9-15-38-23-41-29-59-45-27-52(50(72-7)25-43(45)57(70)64(41)47(38)10-2)74-31-36-20-37(22-40(21-36)63-56(69)35(6)62-55(68)34(5)61-54(67)19-14-13-18-49(66)33(3)4)32-75-53-28-46-44(26-51(53)73-8)58(71)65-42(30-60-46)24-39-16-11-12-17-48(39)65/h9-12,15-17,20-22,25-30,33-35,41-42H,2,13-14,18-19,23-24,31-32H2,1,3-8H3,(H,61,67)(H,62,68)(H,63,69)/b15-9-/t34-,35-,41-,42-/m0/s1. The Balaban J connectivity index is 1.01. The summed E-state index contributed by atoms with van der Waals surface area (Å²) in [7, 11) is 2.97. The van der Waals surface area contributed by atoms with Gasteiger partial charge < -0.3 is 34.9 Å². The van der Waals surface area contributed by atoms with E-state index in [9.17, 15) is 28.8 Å². The molecule has 4 aromatic carbocycles. The Morgan fingerprint density at radius 3 is 1.88 bits per heavy atom. The lowest BCUT2D eigenvalue weighted by molar-refractivity contribution is -0.130. The molecule has 0 fully saturated rings. The molecule has 390 valence electrons. The Kier molecular flexibility index (Phi) is 16.4. The van der Waals surface area contributed by atoms with Crippen LogP contribution in [-0.4, -0.2) is 91.0 Å². The minimum absolute atomic E-state index is 0.0310. The fraction of sp³-hybridized carbons (Fsp3) is 0.345. The van der Waals surface area contributed by atoms with E-state index in [1.807, 2.05) is 63.3 Å². The van der Waals surface area contributed by atoms with Gasteiger partial charge in [-0.25, -0.2) is 0 Å². The molecule has 0 unspecified atom stereocenters. The molecule has 75 heavy (non-hydrogen) atoms. The molecular weight excluding hydrogens is 955 g/mol. The number of amides is 5. The normalized spacial score (nSPS) is 17.0. The van der Waals surface area contributed by atoms with Gasteiger partial charge in [0.2, 0.25) is 17.7 Å². The molecule has 8 rings (SSSR count). The number of nitrogens with zero attached hydrogens (tertiary/aromatic N) is 4. The molecule has 0 saturated carbocycles. The number of ether oxygens (including phenoxy) is 4. The third kappa shape index (κ3) is 11.7. The molecule has 4 heterocycles. The summed E-state index contributed by atoms with van der Waals surface area (Å²) < 4.78 is 24.4. The molecule has 0 radical (unpaired) electrons. The maximum atomic E-state index is 14.1. The summed E-state index contributed by atoms with van der Waals surface area (Å²) in [6.07, 6.45) is 12.0. The van der Waals surface area contributed by atoms with E-state index in [4.69, 9.17) is 28.9 Å². The van der Waals surface area contributed by atoms with Crippen LogP contribution in [0.15, 0.2) is 113 Å². The lowest BCUT2D eigenvalue weighted by Crippen LogP contribution is -2.50. The van der Waals surface area contributed by atoms with E-state index in [1.54, 1.807) is 64.7 Å². The Bertz CT molecular complexity index is 3070. The summed E-state index contributed by atoms with van der Waals surface area (Å²) in [6.45, 7) is 12.6. The van der Waals surface area contributed by atoms with Crippen molar-refractivity contribution in [2.75, 3.05) is 24.4 Å². The molecule has 5 amide bonds. The zero-order valence-electron chi connectivity index (χ0n) is 43.4. The number of hydrogen-bond donors (Lipinski definition) is 3. The second-order valence-electron chi connectivity index (χ2n) is 19.2. The molecule has 3 N–H and O–H groups in total. The number of carbonyl (C=O) groups excluding carboxylic acids is 6. The summed E-state index contributed by atoms with van der Waals surface area (Å²) in [5.74, 6) is -0.540. The van der Waals surface area contributed by atoms with Gasteiger partial charge in [0.05, 0.1) is 48.8 Å². The monoisotopic (exact) mass is 1020 g/mol. The Morgan fingerprint density at radius 1 is 0.720 bits per heavy atom. The maximum absolute atomic E-state index is 14.1. The van der Waals surface area contributed by atoms with Crippen LogP contribution in [0.3, 0.4) is 0 Å². The van der Waals surface area contributed by atoms with Crippen molar-refractivity contribution >= 4 is 70.5 Å². The van der Waals surface area contributed by atoms with E-state index >= 15 is 0 Å². The highest BCUT2D eigenvalue weighted by Gasteiger charge is 2.38. The van der Waals surface area contributed by atoms with Gasteiger partial charge in [0.15, 0.2) is 23.0 Å². The van der Waals surface area contributed by atoms with Crippen molar-refractivity contribution < 1.29 is 47.7 Å². The van der Waals surface area contributed by atoms with Crippen LogP contribution in [0.1, 0.15) is 104 Å². The van der Waals surface area contributed by atoms with Crippen molar-refractivity contribution in [2.24, 2.45) is 15.9 Å². The number of carbonyl (C=O) groups is 6. The van der Waals surface area contributed by atoms with Crippen LogP contribution in [0.2, 0.25) is 0 Å². The SMILES string of the molecule is C=CC1=C(/C=C\C)C[C@H]2C=Nc3cc(OCc4cc(COc5cc6c(cc5OC)C(=O)N5c7ccccc7C[C@H]5C=N6)cc(NC(=O)[C@H](C)NC(=O)[C@H](C)NC(=O)CCCCC(=O)C(C)C)c4)c(OC)cc3C(=O)N12.